The summed E-state index contributed by atoms with van der Waals surface area (Å²) in [6, 6.07) is 24.2. The first-order chi connectivity index (χ1) is 14.1. The Bertz CT molecular complexity index is 1480. The van der Waals surface area contributed by atoms with E-state index in [0.717, 1.165) is 15.6 Å². The lowest BCUT2D eigenvalue weighted by molar-refractivity contribution is 0.718. The Morgan fingerprint density at radius 2 is 1.62 bits per heavy atom. The van der Waals surface area contributed by atoms with Gasteiger partial charge in [0, 0.05) is 15.1 Å². The average molecular weight is 419 g/mol. The third-order valence-electron chi connectivity index (χ3n) is 4.90. The lowest BCUT2D eigenvalue weighted by Gasteiger charge is -2.13. The molecule has 0 amide bonds. The molecule has 0 radical (unpaired) electrons. The normalized spacial score (nSPS) is 11.3. The average Bonchev–Trinajstić information content (AvgIpc) is 3.12. The molecular formula is C23H15ClN2O2S. The topological polar surface area (TPSA) is 44.0 Å². The summed E-state index contributed by atoms with van der Waals surface area (Å²) in [5, 5.41) is 1.52. The highest BCUT2D eigenvalue weighted by atomic mass is 35.5. The fourth-order valence-electron chi connectivity index (χ4n) is 3.62. The van der Waals surface area contributed by atoms with Crippen LogP contribution in [0.2, 0.25) is 5.02 Å². The smallest absolute Gasteiger partial charge is 0.287 e. The molecule has 5 rings (SSSR count). The maximum absolute atomic E-state index is 13.5. The van der Waals surface area contributed by atoms with E-state index in [-0.39, 0.29) is 11.2 Å². The number of aromatic nitrogens is 2. The van der Waals surface area contributed by atoms with Gasteiger partial charge in [0.05, 0.1) is 17.7 Å². The predicted molar refractivity (Wildman–Crippen MR) is 120 cm³/mol. The highest BCUT2D eigenvalue weighted by Crippen LogP contribution is 2.31. The molecule has 6 heteroatoms. The molecule has 0 spiro atoms. The van der Waals surface area contributed by atoms with Gasteiger partial charge in [0.1, 0.15) is 4.70 Å². The SMILES string of the molecule is O=c1c2sc3ccccc3c2n(Cc2cccc(Cl)c2)c(=O)n1-c1ccccc1. The number of thiophene rings is 1. The van der Waals surface area contributed by atoms with Gasteiger partial charge < -0.3 is 0 Å². The fraction of sp³-hybridized carbons (Fsp3) is 0.0435. The maximum Gasteiger partial charge on any atom is 0.336 e. The third kappa shape index (κ3) is 2.99. The van der Waals surface area contributed by atoms with E-state index in [1.807, 2.05) is 60.7 Å². The van der Waals surface area contributed by atoms with Gasteiger partial charge in [0.2, 0.25) is 0 Å². The van der Waals surface area contributed by atoms with Gasteiger partial charge in [-0.25, -0.2) is 9.36 Å². The van der Waals surface area contributed by atoms with Gasteiger partial charge in [-0.05, 0) is 35.9 Å². The van der Waals surface area contributed by atoms with E-state index in [1.165, 1.54) is 15.9 Å². The van der Waals surface area contributed by atoms with Crippen LogP contribution >= 0.6 is 22.9 Å². The summed E-state index contributed by atoms with van der Waals surface area (Å²) in [5.74, 6) is 0. The molecule has 0 aliphatic rings. The molecule has 0 aliphatic carbocycles. The first-order valence-corrected chi connectivity index (χ1v) is 10.3. The highest BCUT2D eigenvalue weighted by molar-refractivity contribution is 7.25. The molecule has 3 aromatic carbocycles. The van der Waals surface area contributed by atoms with Crippen LogP contribution in [0, 0.1) is 0 Å². The second-order valence-electron chi connectivity index (χ2n) is 6.75. The summed E-state index contributed by atoms with van der Waals surface area (Å²) in [5.41, 5.74) is 1.47. The number of halogens is 1. The molecule has 29 heavy (non-hydrogen) atoms. The Balaban J connectivity index is 1.90. The summed E-state index contributed by atoms with van der Waals surface area (Å²) >= 11 is 7.57. The minimum Gasteiger partial charge on any atom is -0.287 e. The minimum absolute atomic E-state index is 0.292. The number of hydrogen-bond acceptors (Lipinski definition) is 3. The molecule has 0 aliphatic heterocycles. The van der Waals surface area contributed by atoms with Crippen molar-refractivity contribution in [3.63, 3.8) is 0 Å². The standard InChI is InChI=1S/C23H15ClN2O2S/c24-16-8-6-7-15(13-16)14-25-20-18-11-4-5-12-19(18)29-21(20)22(27)26(23(25)28)17-9-2-1-3-10-17/h1-13H,14H2. The number of nitrogens with zero attached hydrogens (tertiary/aromatic N) is 2. The second kappa shape index (κ2) is 7.03. The molecule has 0 atom stereocenters. The zero-order chi connectivity index (χ0) is 20.0. The fourth-order valence-corrected chi connectivity index (χ4v) is 4.97. The van der Waals surface area contributed by atoms with Crippen LogP contribution in [-0.2, 0) is 6.54 Å². The minimum atomic E-state index is -0.364. The lowest BCUT2D eigenvalue weighted by Crippen LogP contribution is -2.38. The van der Waals surface area contributed by atoms with Gasteiger partial charge in [-0.3, -0.25) is 9.36 Å². The van der Waals surface area contributed by atoms with Crippen LogP contribution in [-0.4, -0.2) is 9.13 Å². The van der Waals surface area contributed by atoms with E-state index in [1.54, 1.807) is 22.8 Å². The van der Waals surface area contributed by atoms with E-state index in [4.69, 9.17) is 11.6 Å². The first kappa shape index (κ1) is 17.9. The van der Waals surface area contributed by atoms with Crippen molar-refractivity contribution in [2.45, 2.75) is 6.54 Å². The van der Waals surface area contributed by atoms with Crippen LogP contribution in [0.25, 0.3) is 26.0 Å². The number of fused-ring (bicyclic) bond motifs is 3. The lowest BCUT2D eigenvalue weighted by atomic mass is 10.2. The van der Waals surface area contributed by atoms with Gasteiger partial charge in [0.25, 0.3) is 5.56 Å². The van der Waals surface area contributed by atoms with Crippen molar-refractivity contribution < 1.29 is 0 Å². The summed E-state index contributed by atoms with van der Waals surface area (Å²) in [6.07, 6.45) is 0. The molecule has 2 aromatic heterocycles. The Morgan fingerprint density at radius 1 is 0.862 bits per heavy atom. The first-order valence-electron chi connectivity index (χ1n) is 9.10. The van der Waals surface area contributed by atoms with Crippen molar-refractivity contribution in [3.05, 3.63) is 110 Å². The molecule has 2 heterocycles. The molecule has 0 bridgehead atoms. The van der Waals surface area contributed by atoms with E-state index in [9.17, 15) is 9.59 Å². The molecule has 142 valence electrons. The van der Waals surface area contributed by atoms with E-state index in [2.05, 4.69) is 0 Å². The Kier molecular flexibility index (Phi) is 4.34. The molecule has 4 nitrogen and oxygen atoms in total. The van der Waals surface area contributed by atoms with Crippen molar-refractivity contribution >= 4 is 43.2 Å². The molecule has 0 fully saturated rings. The van der Waals surface area contributed by atoms with Crippen molar-refractivity contribution in [3.8, 4) is 5.69 Å². The van der Waals surface area contributed by atoms with Gasteiger partial charge in [-0.15, -0.1) is 11.3 Å². The molecule has 0 unspecified atom stereocenters. The molecule has 5 aromatic rings. The van der Waals surface area contributed by atoms with Crippen molar-refractivity contribution in [1.29, 1.82) is 0 Å². The van der Waals surface area contributed by atoms with Crippen LogP contribution in [0.5, 0.6) is 0 Å². The molecule has 0 N–H and O–H groups in total. The van der Waals surface area contributed by atoms with Gasteiger partial charge in [-0.2, -0.15) is 0 Å². The number of hydrogen-bond donors (Lipinski definition) is 0. The molecule has 0 saturated carbocycles. The zero-order valence-corrected chi connectivity index (χ0v) is 16.8. The van der Waals surface area contributed by atoms with Crippen LogP contribution in [0.3, 0.4) is 0 Å². The third-order valence-corrected chi connectivity index (χ3v) is 6.29. The number of para-hydroxylation sites is 1. The van der Waals surface area contributed by atoms with E-state index in [0.29, 0.717) is 27.5 Å². The number of rotatable bonds is 3. The van der Waals surface area contributed by atoms with Crippen LogP contribution < -0.4 is 11.2 Å². The summed E-state index contributed by atoms with van der Waals surface area (Å²) in [7, 11) is 0. The summed E-state index contributed by atoms with van der Waals surface area (Å²) < 4.78 is 4.47. The molecular weight excluding hydrogens is 404 g/mol. The van der Waals surface area contributed by atoms with Gasteiger partial charge >= 0.3 is 5.69 Å². The highest BCUT2D eigenvalue weighted by Gasteiger charge is 2.19. The largest absolute Gasteiger partial charge is 0.336 e. The van der Waals surface area contributed by atoms with Crippen molar-refractivity contribution in [2.24, 2.45) is 0 Å². The van der Waals surface area contributed by atoms with E-state index >= 15 is 0 Å². The van der Waals surface area contributed by atoms with Crippen molar-refractivity contribution in [2.75, 3.05) is 0 Å². The second-order valence-corrected chi connectivity index (χ2v) is 8.24. The Morgan fingerprint density at radius 3 is 2.41 bits per heavy atom. The number of benzene rings is 3. The van der Waals surface area contributed by atoms with Crippen molar-refractivity contribution in [1.82, 2.24) is 9.13 Å². The molecule has 0 saturated heterocycles. The van der Waals surface area contributed by atoms with Crippen LogP contribution in [0.4, 0.5) is 0 Å². The summed E-state index contributed by atoms with van der Waals surface area (Å²) in [4.78, 5) is 26.8. The summed E-state index contributed by atoms with van der Waals surface area (Å²) in [6.45, 7) is 0.323. The Labute approximate surface area is 174 Å². The quantitative estimate of drug-likeness (QED) is 0.410. The van der Waals surface area contributed by atoms with Crippen LogP contribution in [0.1, 0.15) is 5.56 Å². The zero-order valence-electron chi connectivity index (χ0n) is 15.2. The Hall–Kier alpha value is -3.15. The predicted octanol–water partition coefficient (Wildman–Crippen LogP) is 5.07. The van der Waals surface area contributed by atoms with Crippen LogP contribution in [0.15, 0.2) is 88.5 Å². The monoisotopic (exact) mass is 418 g/mol. The van der Waals surface area contributed by atoms with E-state index < -0.39 is 0 Å². The maximum atomic E-state index is 13.5. The van der Waals surface area contributed by atoms with Gasteiger partial charge in [0.15, 0.2) is 0 Å². The van der Waals surface area contributed by atoms with Gasteiger partial charge in [-0.1, -0.05) is 60.1 Å².